The van der Waals surface area contributed by atoms with Gasteiger partial charge in [0.25, 0.3) is 22.7 Å². The van der Waals surface area contributed by atoms with Gasteiger partial charge in [-0.1, -0.05) is 0 Å². The summed E-state index contributed by atoms with van der Waals surface area (Å²) in [5, 5.41) is 58.4. The summed E-state index contributed by atoms with van der Waals surface area (Å²) >= 11 is 5.42. The van der Waals surface area contributed by atoms with E-state index in [-0.39, 0.29) is 41.8 Å². The van der Waals surface area contributed by atoms with Crippen LogP contribution in [0.4, 0.5) is 22.7 Å². The lowest BCUT2D eigenvalue weighted by Gasteiger charge is -2.00. The van der Waals surface area contributed by atoms with Gasteiger partial charge in [-0.3, -0.25) is 65.4 Å². The average molecular weight is 678 g/mol. The molecule has 0 atom stereocenters. The van der Waals surface area contributed by atoms with Crippen molar-refractivity contribution >= 4 is 40.3 Å². The average Bonchev–Trinajstić information content (AvgIpc) is 3.06. The molecule has 20 nitrogen and oxygen atoms in total. The minimum Gasteiger partial charge on any atom is -0.459 e. The highest BCUT2D eigenvalue weighted by molar-refractivity contribution is 6.16. The highest BCUT2D eigenvalue weighted by Crippen LogP contribution is 2.13. The first-order valence-corrected chi connectivity index (χ1v) is 13.2. The van der Waals surface area contributed by atoms with Crippen LogP contribution in [-0.2, 0) is 28.6 Å². The van der Waals surface area contributed by atoms with Crippen molar-refractivity contribution in [2.24, 2.45) is 0 Å². The molecule has 0 radical (unpaired) electrons. The van der Waals surface area contributed by atoms with Crippen LogP contribution in [0.2, 0.25) is 0 Å². The number of rotatable bonds is 8. The van der Waals surface area contributed by atoms with Crippen LogP contribution < -0.4 is 4.73 Å². The molecule has 0 aliphatic rings. The predicted octanol–water partition coefficient (Wildman–Crippen LogP) is 3.69. The zero-order valence-electron chi connectivity index (χ0n) is 24.5. The molecule has 0 aliphatic carbocycles. The van der Waals surface area contributed by atoms with Crippen molar-refractivity contribution in [2.75, 3.05) is 0 Å². The molecule has 0 saturated carbocycles. The lowest BCUT2D eigenvalue weighted by atomic mass is 10.3. The Bertz CT molecular complexity index is 1650. The number of nitro groups is 4. The zero-order valence-corrected chi connectivity index (χ0v) is 25.2. The third-order valence-corrected chi connectivity index (χ3v) is 5.34. The molecular weight excluding hydrogens is 652 g/mol. The number of hydrogen-bond donors (Lipinski definition) is 2. The molecule has 0 amide bonds. The van der Waals surface area contributed by atoms with Gasteiger partial charge in [-0.05, 0) is 0 Å². The normalized spacial score (nSPS) is 9.53. The maximum atomic E-state index is 10.5. The second kappa shape index (κ2) is 19.9. The van der Waals surface area contributed by atoms with Crippen molar-refractivity contribution in [3.63, 3.8) is 0 Å². The van der Waals surface area contributed by atoms with E-state index in [4.69, 9.17) is 21.9 Å². The Morgan fingerprint density at radius 1 is 0.766 bits per heavy atom. The van der Waals surface area contributed by atoms with Gasteiger partial charge in [-0.2, -0.15) is 0 Å². The van der Waals surface area contributed by atoms with Gasteiger partial charge in [-0.15, -0.1) is 11.6 Å². The molecule has 0 aromatic carbocycles. The van der Waals surface area contributed by atoms with Crippen LogP contribution in [0.3, 0.4) is 0 Å². The van der Waals surface area contributed by atoms with E-state index in [1.807, 2.05) is 0 Å². The number of pyridine rings is 4. The number of esters is 1. The Hall–Kier alpha value is -6.28. The number of aliphatic hydroxyl groups excluding tert-OH is 1. The number of hydrogen-bond acceptors (Lipinski definition) is 15. The third kappa shape index (κ3) is 14.8. The quantitative estimate of drug-likeness (QED) is 0.0671. The second-order valence-electron chi connectivity index (χ2n) is 8.49. The first-order valence-electron chi connectivity index (χ1n) is 12.6. The maximum absolute atomic E-state index is 10.5. The monoisotopic (exact) mass is 677 g/mol. The molecule has 4 aromatic heterocycles. The van der Waals surface area contributed by atoms with Crippen molar-refractivity contribution in [1.82, 2.24) is 15.0 Å². The van der Waals surface area contributed by atoms with E-state index in [0.29, 0.717) is 22.8 Å². The van der Waals surface area contributed by atoms with Gasteiger partial charge < -0.3 is 9.84 Å². The molecule has 47 heavy (non-hydrogen) atoms. The SMILES string of the molecule is CC(=O)OCc1cc([N+](=O)[O-])ccn1.Cc1cc([N+](=O)[O-])cc[n+]1O.O=[N+]([O-])c1ccnc(CCl)c1.O=[N+]([O-])c1ccnc(CO)c1. The minimum absolute atomic E-state index is 0.0206. The number of alkyl halides is 1. The Labute approximate surface area is 269 Å². The van der Waals surface area contributed by atoms with Crippen LogP contribution in [0, 0.1) is 47.4 Å². The predicted molar refractivity (Wildman–Crippen MR) is 159 cm³/mol. The Morgan fingerprint density at radius 2 is 1.17 bits per heavy atom. The first kappa shape index (κ1) is 38.7. The van der Waals surface area contributed by atoms with Crippen molar-refractivity contribution in [2.45, 2.75) is 32.9 Å². The van der Waals surface area contributed by atoms with Crippen LogP contribution >= 0.6 is 11.6 Å². The van der Waals surface area contributed by atoms with Crippen molar-refractivity contribution in [1.29, 1.82) is 0 Å². The molecule has 4 rings (SSSR count). The van der Waals surface area contributed by atoms with Crippen molar-refractivity contribution in [3.05, 3.63) is 137 Å². The van der Waals surface area contributed by atoms with E-state index >= 15 is 0 Å². The summed E-state index contributed by atoms with van der Waals surface area (Å²) in [5.41, 5.74) is 1.49. The third-order valence-electron chi connectivity index (χ3n) is 5.07. The van der Waals surface area contributed by atoms with Crippen LogP contribution in [-0.4, -0.2) is 50.9 Å². The summed E-state index contributed by atoms with van der Waals surface area (Å²) in [5.74, 6) is -0.250. The maximum Gasteiger partial charge on any atom is 0.303 e. The molecule has 0 fully saturated rings. The Morgan fingerprint density at radius 3 is 1.57 bits per heavy atom. The van der Waals surface area contributed by atoms with Gasteiger partial charge in [-0.25, -0.2) is 0 Å². The van der Waals surface area contributed by atoms with Crippen LogP contribution in [0.15, 0.2) is 73.3 Å². The Balaban J connectivity index is 0.000000315. The largest absolute Gasteiger partial charge is 0.459 e. The molecule has 0 aliphatic heterocycles. The fourth-order valence-electron chi connectivity index (χ4n) is 2.86. The lowest BCUT2D eigenvalue weighted by molar-refractivity contribution is -0.908. The fraction of sp³-hybridized carbons (Fsp3) is 0.192. The molecule has 0 unspecified atom stereocenters. The summed E-state index contributed by atoms with van der Waals surface area (Å²) in [4.78, 5) is 60.6. The van der Waals surface area contributed by atoms with E-state index in [2.05, 4.69) is 19.7 Å². The summed E-state index contributed by atoms with van der Waals surface area (Å²) in [6.45, 7) is 2.52. The highest BCUT2D eigenvalue weighted by atomic mass is 35.5. The molecular formula is C26H26ClN8O12+. The summed E-state index contributed by atoms with van der Waals surface area (Å²) < 4.78 is 5.47. The molecule has 248 valence electrons. The Kier molecular flexibility index (Phi) is 16.4. The summed E-state index contributed by atoms with van der Waals surface area (Å²) in [6, 6.07) is 10.3. The number of carbonyl (C=O) groups excluding carboxylic acids is 1. The number of halogens is 1. The number of ether oxygens (including phenoxy) is 1. The summed E-state index contributed by atoms with van der Waals surface area (Å²) in [6.07, 6.45) is 5.20. The van der Waals surface area contributed by atoms with Gasteiger partial charge in [0.1, 0.15) is 6.61 Å². The van der Waals surface area contributed by atoms with Crippen LogP contribution in [0.25, 0.3) is 0 Å². The minimum atomic E-state index is -0.529. The van der Waals surface area contributed by atoms with Gasteiger partial charge >= 0.3 is 5.97 Å². The standard InChI is InChI=1S/C8H8N2O4.C6H5ClN2O2.C6H7N2O3.C6H6N2O3/c1-6(11)14-5-7-4-8(10(12)13)2-3-9-7;7-4-5-3-6(9(10)11)1-2-8-5;1-5-4-6(8(10)11)2-3-7(5)9;9-4-5-3-6(8(10)11)1-2-7-5/h2-4H,5H2,1H3;1-3H,4H2;2-4,9H,1H3;1-3,9H,4H2/q;;+1;. The number of aromatic nitrogens is 4. The lowest BCUT2D eigenvalue weighted by Crippen LogP contribution is -2.32. The molecule has 4 aromatic rings. The number of aliphatic hydroxyl groups is 1. The molecule has 0 spiro atoms. The number of carbonyl (C=O) groups is 1. The van der Waals surface area contributed by atoms with E-state index in [1.54, 1.807) is 6.92 Å². The van der Waals surface area contributed by atoms with E-state index in [1.165, 1.54) is 80.2 Å². The molecule has 2 N–H and O–H groups in total. The van der Waals surface area contributed by atoms with Gasteiger partial charge in [0.2, 0.25) is 11.9 Å². The van der Waals surface area contributed by atoms with E-state index in [0.717, 1.165) is 4.73 Å². The topological polar surface area (TPSA) is 282 Å². The van der Waals surface area contributed by atoms with Crippen LogP contribution in [0.1, 0.15) is 29.7 Å². The number of aryl methyl sites for hydroxylation is 1. The fourth-order valence-corrected chi connectivity index (χ4v) is 3.00. The van der Waals surface area contributed by atoms with E-state index in [9.17, 15) is 45.3 Å². The molecule has 0 saturated heterocycles. The smallest absolute Gasteiger partial charge is 0.303 e. The molecule has 4 heterocycles. The molecule has 21 heteroatoms. The first-order chi connectivity index (χ1) is 22.2. The van der Waals surface area contributed by atoms with Crippen molar-refractivity contribution < 1.29 is 44.3 Å². The van der Waals surface area contributed by atoms with E-state index < -0.39 is 25.7 Å². The van der Waals surface area contributed by atoms with Crippen molar-refractivity contribution in [3.8, 4) is 0 Å². The van der Waals surface area contributed by atoms with Crippen LogP contribution in [0.5, 0.6) is 0 Å². The van der Waals surface area contributed by atoms with Gasteiger partial charge in [0.15, 0.2) is 0 Å². The second-order valence-corrected chi connectivity index (χ2v) is 8.75. The van der Waals surface area contributed by atoms with Gasteiger partial charge in [0, 0.05) is 73.6 Å². The molecule has 0 bridgehead atoms. The zero-order chi connectivity index (χ0) is 35.5. The van der Waals surface area contributed by atoms with Gasteiger partial charge in [0.05, 0.1) is 61.4 Å². The highest BCUT2D eigenvalue weighted by Gasteiger charge is 2.12. The number of nitrogens with zero attached hydrogens (tertiary/aromatic N) is 8. The summed E-state index contributed by atoms with van der Waals surface area (Å²) in [7, 11) is 0.